The second kappa shape index (κ2) is 6.24. The van der Waals surface area contributed by atoms with E-state index < -0.39 is 0 Å². The molecule has 94 valence electrons. The van der Waals surface area contributed by atoms with Gasteiger partial charge in [-0.25, -0.2) is 0 Å². The Morgan fingerprint density at radius 1 is 1.50 bits per heavy atom. The Labute approximate surface area is 99.6 Å². The van der Waals surface area contributed by atoms with E-state index in [1.54, 1.807) is 0 Å². The molecular weight excluding hydrogens is 200 g/mol. The van der Waals surface area contributed by atoms with Gasteiger partial charge in [0, 0.05) is 25.0 Å². The van der Waals surface area contributed by atoms with Crippen molar-refractivity contribution < 1.29 is 4.79 Å². The number of piperidine rings is 1. The highest BCUT2D eigenvalue weighted by Crippen LogP contribution is 2.22. The smallest absolute Gasteiger partial charge is 0.224 e. The molecule has 1 saturated heterocycles. The maximum atomic E-state index is 12.1. The lowest BCUT2D eigenvalue weighted by Crippen LogP contribution is -2.46. The number of hydrogen-bond donors (Lipinski definition) is 1. The van der Waals surface area contributed by atoms with E-state index in [0.717, 1.165) is 31.8 Å². The van der Waals surface area contributed by atoms with Crippen LogP contribution in [-0.4, -0.2) is 36.0 Å². The molecule has 1 heterocycles. The summed E-state index contributed by atoms with van der Waals surface area (Å²) in [7, 11) is 0. The van der Waals surface area contributed by atoms with Gasteiger partial charge in [0.2, 0.25) is 5.91 Å². The van der Waals surface area contributed by atoms with Gasteiger partial charge in [-0.1, -0.05) is 13.8 Å². The van der Waals surface area contributed by atoms with Crippen molar-refractivity contribution in [2.75, 3.05) is 13.1 Å². The molecule has 0 aromatic heterocycles. The highest BCUT2D eigenvalue weighted by molar-refractivity contribution is 5.77. The number of carbonyl (C=O) groups is 1. The maximum absolute atomic E-state index is 12.1. The van der Waals surface area contributed by atoms with Crippen molar-refractivity contribution in [2.45, 2.75) is 59.0 Å². The van der Waals surface area contributed by atoms with Gasteiger partial charge in [0.25, 0.3) is 0 Å². The Morgan fingerprint density at radius 2 is 2.19 bits per heavy atom. The fraction of sp³-hybridized carbons (Fsp3) is 0.923. The minimum Gasteiger partial charge on any atom is -0.340 e. The number of nitrogens with one attached hydrogen (secondary N) is 1. The fourth-order valence-electron chi connectivity index (χ4n) is 2.58. The number of hydrogen-bond acceptors (Lipinski definition) is 2. The number of nitrogens with zero attached hydrogens (tertiary/aromatic N) is 1. The molecule has 1 aliphatic heterocycles. The SMILES string of the molecule is CCNC(C)CC(=O)N1CCC(C)CC1C. The lowest BCUT2D eigenvalue weighted by atomic mass is 9.93. The summed E-state index contributed by atoms with van der Waals surface area (Å²) in [6, 6.07) is 0.717. The molecule has 0 aliphatic carbocycles. The molecule has 0 aromatic rings. The number of rotatable bonds is 4. The third-order valence-electron chi connectivity index (χ3n) is 3.49. The van der Waals surface area contributed by atoms with E-state index in [2.05, 4.69) is 37.9 Å². The van der Waals surface area contributed by atoms with Crippen LogP contribution in [0.5, 0.6) is 0 Å². The van der Waals surface area contributed by atoms with Crippen LogP contribution in [0.25, 0.3) is 0 Å². The van der Waals surface area contributed by atoms with Gasteiger partial charge in [-0.3, -0.25) is 4.79 Å². The molecule has 1 N–H and O–H groups in total. The van der Waals surface area contributed by atoms with Crippen LogP contribution in [-0.2, 0) is 4.79 Å². The summed E-state index contributed by atoms with van der Waals surface area (Å²) in [5.41, 5.74) is 0. The molecule has 3 nitrogen and oxygen atoms in total. The maximum Gasteiger partial charge on any atom is 0.224 e. The van der Waals surface area contributed by atoms with Crippen LogP contribution in [0.2, 0.25) is 0 Å². The van der Waals surface area contributed by atoms with Crippen molar-refractivity contribution in [3.63, 3.8) is 0 Å². The molecule has 16 heavy (non-hydrogen) atoms. The summed E-state index contributed by atoms with van der Waals surface area (Å²) in [5.74, 6) is 1.08. The number of likely N-dealkylation sites (tertiary alicyclic amines) is 1. The minimum absolute atomic E-state index is 0.295. The molecule has 1 aliphatic rings. The molecular formula is C13H26N2O. The second-order valence-electron chi connectivity index (χ2n) is 5.23. The average molecular weight is 226 g/mol. The molecule has 1 fully saturated rings. The van der Waals surface area contributed by atoms with E-state index in [1.807, 2.05) is 0 Å². The van der Waals surface area contributed by atoms with E-state index in [-0.39, 0.29) is 0 Å². The Hall–Kier alpha value is -0.570. The van der Waals surface area contributed by atoms with Crippen LogP contribution in [0.15, 0.2) is 0 Å². The monoisotopic (exact) mass is 226 g/mol. The highest BCUT2D eigenvalue weighted by Gasteiger charge is 2.26. The van der Waals surface area contributed by atoms with E-state index in [0.29, 0.717) is 24.4 Å². The molecule has 0 bridgehead atoms. The lowest BCUT2D eigenvalue weighted by Gasteiger charge is -2.37. The Morgan fingerprint density at radius 3 is 2.75 bits per heavy atom. The summed E-state index contributed by atoms with van der Waals surface area (Å²) in [6.07, 6.45) is 2.94. The van der Waals surface area contributed by atoms with Crippen LogP contribution < -0.4 is 5.32 Å². The zero-order valence-electron chi connectivity index (χ0n) is 11.1. The van der Waals surface area contributed by atoms with E-state index in [9.17, 15) is 4.79 Å². The third-order valence-corrected chi connectivity index (χ3v) is 3.49. The van der Waals surface area contributed by atoms with E-state index in [4.69, 9.17) is 0 Å². The first-order valence-electron chi connectivity index (χ1n) is 6.57. The molecule has 1 rings (SSSR count). The molecule has 0 saturated carbocycles. The van der Waals surface area contributed by atoms with Gasteiger partial charge in [-0.15, -0.1) is 0 Å². The van der Waals surface area contributed by atoms with E-state index in [1.165, 1.54) is 0 Å². The lowest BCUT2D eigenvalue weighted by molar-refractivity contribution is -0.135. The van der Waals surface area contributed by atoms with Gasteiger partial charge < -0.3 is 10.2 Å². The van der Waals surface area contributed by atoms with Gasteiger partial charge in [-0.2, -0.15) is 0 Å². The van der Waals surface area contributed by atoms with Gasteiger partial charge in [0.1, 0.15) is 0 Å². The van der Waals surface area contributed by atoms with Gasteiger partial charge in [0.05, 0.1) is 0 Å². The zero-order valence-corrected chi connectivity index (χ0v) is 11.1. The first-order valence-corrected chi connectivity index (χ1v) is 6.57. The quantitative estimate of drug-likeness (QED) is 0.795. The fourth-order valence-corrected chi connectivity index (χ4v) is 2.58. The Bertz CT molecular complexity index is 230. The molecule has 1 amide bonds. The van der Waals surface area contributed by atoms with Crippen LogP contribution in [0.3, 0.4) is 0 Å². The highest BCUT2D eigenvalue weighted by atomic mass is 16.2. The molecule has 3 heteroatoms. The van der Waals surface area contributed by atoms with Crippen LogP contribution in [0.4, 0.5) is 0 Å². The van der Waals surface area contributed by atoms with Gasteiger partial charge in [0.15, 0.2) is 0 Å². The number of carbonyl (C=O) groups excluding carboxylic acids is 1. The number of amides is 1. The molecule has 3 atom stereocenters. The Balaban J connectivity index is 2.41. The summed E-state index contributed by atoms with van der Waals surface area (Å²) >= 11 is 0. The first-order chi connectivity index (χ1) is 7.54. The van der Waals surface area contributed by atoms with Gasteiger partial charge >= 0.3 is 0 Å². The van der Waals surface area contributed by atoms with E-state index >= 15 is 0 Å². The third kappa shape index (κ3) is 3.78. The predicted octanol–water partition coefficient (Wildman–Crippen LogP) is 2.02. The van der Waals surface area contributed by atoms with Crippen molar-refractivity contribution in [3.05, 3.63) is 0 Å². The largest absolute Gasteiger partial charge is 0.340 e. The second-order valence-corrected chi connectivity index (χ2v) is 5.23. The zero-order chi connectivity index (χ0) is 12.1. The van der Waals surface area contributed by atoms with Crippen LogP contribution in [0.1, 0.15) is 47.0 Å². The summed E-state index contributed by atoms with van der Waals surface area (Å²) < 4.78 is 0. The average Bonchev–Trinajstić information content (AvgIpc) is 2.17. The molecule has 0 radical (unpaired) electrons. The van der Waals surface area contributed by atoms with Crippen molar-refractivity contribution >= 4 is 5.91 Å². The molecule has 0 spiro atoms. The minimum atomic E-state index is 0.295. The summed E-state index contributed by atoms with van der Waals surface area (Å²) in [4.78, 5) is 14.1. The summed E-state index contributed by atoms with van der Waals surface area (Å²) in [6.45, 7) is 10.5. The standard InChI is InChI=1S/C13H26N2O/c1-5-14-11(3)9-13(16)15-7-6-10(2)8-12(15)4/h10-12,14H,5-9H2,1-4H3. The van der Waals surface area contributed by atoms with Crippen molar-refractivity contribution in [3.8, 4) is 0 Å². The van der Waals surface area contributed by atoms with Crippen LogP contribution >= 0.6 is 0 Å². The van der Waals surface area contributed by atoms with Crippen LogP contribution in [0, 0.1) is 5.92 Å². The predicted molar refractivity (Wildman–Crippen MR) is 67.3 cm³/mol. The van der Waals surface area contributed by atoms with Gasteiger partial charge in [-0.05, 0) is 39.2 Å². The van der Waals surface area contributed by atoms with Crippen molar-refractivity contribution in [2.24, 2.45) is 5.92 Å². The Kier molecular flexibility index (Phi) is 5.26. The van der Waals surface area contributed by atoms with Crippen molar-refractivity contribution in [1.29, 1.82) is 0 Å². The molecule has 0 aromatic carbocycles. The normalized spacial score (nSPS) is 27.9. The summed E-state index contributed by atoms with van der Waals surface area (Å²) in [5, 5.41) is 3.29. The molecule has 3 unspecified atom stereocenters. The topological polar surface area (TPSA) is 32.3 Å². The van der Waals surface area contributed by atoms with Crippen molar-refractivity contribution in [1.82, 2.24) is 10.2 Å². The first kappa shape index (κ1) is 13.5.